The maximum atomic E-state index is 15.6. The van der Waals surface area contributed by atoms with Crippen LogP contribution in [0.3, 0.4) is 0 Å². The van der Waals surface area contributed by atoms with Crippen LogP contribution in [0.2, 0.25) is 0 Å². The highest BCUT2D eigenvalue weighted by Gasteiger charge is 2.31. The van der Waals surface area contributed by atoms with Crippen LogP contribution in [0.1, 0.15) is 75.2 Å². The van der Waals surface area contributed by atoms with Crippen molar-refractivity contribution in [2.75, 3.05) is 14.2 Å². The molecule has 4 rings (SSSR count). The summed E-state index contributed by atoms with van der Waals surface area (Å²) in [5, 5.41) is 9.39. The van der Waals surface area contributed by atoms with Gasteiger partial charge in [-0.05, 0) is 58.1 Å². The topological polar surface area (TPSA) is 77.9 Å². The van der Waals surface area contributed by atoms with Crippen LogP contribution >= 0.6 is 0 Å². The molecule has 1 aliphatic rings. The fraction of sp³-hybridized carbons (Fsp3) is 0.438. The molecule has 0 aliphatic heterocycles. The van der Waals surface area contributed by atoms with E-state index >= 15 is 4.39 Å². The van der Waals surface area contributed by atoms with Crippen molar-refractivity contribution in [2.45, 2.75) is 65.1 Å². The lowest BCUT2D eigenvalue weighted by atomic mass is 9.81. The van der Waals surface area contributed by atoms with Gasteiger partial charge in [0, 0.05) is 18.7 Å². The van der Waals surface area contributed by atoms with Gasteiger partial charge < -0.3 is 19.3 Å². The van der Waals surface area contributed by atoms with Crippen LogP contribution in [0.15, 0.2) is 48.7 Å². The molecule has 6 nitrogen and oxygen atoms in total. The monoisotopic (exact) mass is 553 g/mol. The van der Waals surface area contributed by atoms with Crippen molar-refractivity contribution < 1.29 is 32.9 Å². The molecule has 1 saturated carbocycles. The van der Waals surface area contributed by atoms with Crippen molar-refractivity contribution in [2.24, 2.45) is 11.3 Å². The summed E-state index contributed by atoms with van der Waals surface area (Å²) >= 11 is 0. The lowest BCUT2D eigenvalue weighted by Crippen LogP contribution is -2.21. The molecule has 0 amide bonds. The Morgan fingerprint density at radius 1 is 1.07 bits per heavy atom. The quantitative estimate of drug-likeness (QED) is 0.248. The largest absolute Gasteiger partial charge is 0.486 e. The van der Waals surface area contributed by atoms with Gasteiger partial charge in [-0.15, -0.1) is 0 Å². The standard InChI is InChI=1S/C32H37F2NO5/c1-32(2,3)31(39-5)25-14-20(11-12-23(25)24-16-28(38-4)35-17-26(24)33)18-40-27-8-6-7-22(30(27)34)21(15-29(36)37)13-19-9-10-19/h6-8,11-12,14,16-17,19,21,31H,9-10,13,15,18H2,1-5H3,(H,36,37)/t21-,31+/m1/s1. The zero-order valence-corrected chi connectivity index (χ0v) is 23.7. The molecule has 214 valence electrons. The molecular weight excluding hydrogens is 516 g/mol. The Balaban J connectivity index is 1.66. The van der Waals surface area contributed by atoms with E-state index in [1.807, 2.05) is 32.9 Å². The Morgan fingerprint density at radius 2 is 1.82 bits per heavy atom. The van der Waals surface area contributed by atoms with Crippen LogP contribution in [0.4, 0.5) is 8.78 Å². The van der Waals surface area contributed by atoms with Crippen molar-refractivity contribution in [3.63, 3.8) is 0 Å². The molecule has 0 bridgehead atoms. The van der Waals surface area contributed by atoms with Crippen LogP contribution in [-0.4, -0.2) is 30.3 Å². The van der Waals surface area contributed by atoms with E-state index in [0.29, 0.717) is 29.0 Å². The first-order valence-electron chi connectivity index (χ1n) is 13.5. The molecule has 2 atom stereocenters. The van der Waals surface area contributed by atoms with Crippen LogP contribution in [0.5, 0.6) is 11.6 Å². The first-order valence-corrected chi connectivity index (χ1v) is 13.5. The van der Waals surface area contributed by atoms with Crippen molar-refractivity contribution in [1.29, 1.82) is 0 Å². The molecule has 0 radical (unpaired) electrons. The van der Waals surface area contributed by atoms with Gasteiger partial charge in [0.1, 0.15) is 12.4 Å². The number of hydrogen-bond acceptors (Lipinski definition) is 5. The average Bonchev–Trinajstić information content (AvgIpc) is 3.72. The molecule has 0 saturated heterocycles. The number of carbonyl (C=O) groups is 1. The molecule has 1 aromatic heterocycles. The van der Waals surface area contributed by atoms with Gasteiger partial charge >= 0.3 is 5.97 Å². The number of halogens is 2. The predicted octanol–water partition coefficient (Wildman–Crippen LogP) is 7.71. The summed E-state index contributed by atoms with van der Waals surface area (Å²) < 4.78 is 47.6. The maximum Gasteiger partial charge on any atom is 0.303 e. The summed E-state index contributed by atoms with van der Waals surface area (Å²) in [6.07, 6.45) is 3.38. The lowest BCUT2D eigenvalue weighted by Gasteiger charge is -2.32. The number of rotatable bonds is 12. The Labute approximate surface area is 234 Å². The second-order valence-corrected chi connectivity index (χ2v) is 11.5. The summed E-state index contributed by atoms with van der Waals surface area (Å²) in [7, 11) is 3.09. The molecule has 2 aromatic carbocycles. The summed E-state index contributed by atoms with van der Waals surface area (Å²) in [6.45, 7) is 6.16. The molecule has 0 unspecified atom stereocenters. The number of hydrogen-bond donors (Lipinski definition) is 1. The zero-order valence-electron chi connectivity index (χ0n) is 23.7. The lowest BCUT2D eigenvalue weighted by molar-refractivity contribution is -0.137. The highest BCUT2D eigenvalue weighted by Crippen LogP contribution is 2.43. The number of methoxy groups -OCH3 is 2. The molecule has 8 heteroatoms. The van der Waals surface area contributed by atoms with E-state index in [9.17, 15) is 14.3 Å². The van der Waals surface area contributed by atoms with Gasteiger partial charge in [0.2, 0.25) is 5.88 Å². The molecule has 40 heavy (non-hydrogen) atoms. The number of aromatic nitrogens is 1. The summed E-state index contributed by atoms with van der Waals surface area (Å²) in [4.78, 5) is 15.4. The highest BCUT2D eigenvalue weighted by molar-refractivity contribution is 5.70. The second-order valence-electron chi connectivity index (χ2n) is 11.5. The molecule has 1 aliphatic carbocycles. The van der Waals surface area contributed by atoms with Gasteiger partial charge in [-0.1, -0.05) is 57.9 Å². The fourth-order valence-electron chi connectivity index (χ4n) is 5.25. The Hall–Kier alpha value is -3.52. The molecule has 1 fully saturated rings. The maximum absolute atomic E-state index is 15.6. The Bertz CT molecular complexity index is 1350. The number of carboxylic acid groups (broad SMARTS) is 1. The number of ether oxygens (including phenoxy) is 3. The summed E-state index contributed by atoms with van der Waals surface area (Å²) in [6, 6.07) is 11.9. The minimum Gasteiger partial charge on any atom is -0.486 e. The molecule has 1 heterocycles. The predicted molar refractivity (Wildman–Crippen MR) is 148 cm³/mol. The van der Waals surface area contributed by atoms with Crippen molar-refractivity contribution in [1.82, 2.24) is 4.98 Å². The van der Waals surface area contributed by atoms with E-state index in [1.165, 1.54) is 7.11 Å². The van der Waals surface area contributed by atoms with Gasteiger partial charge in [0.05, 0.1) is 25.8 Å². The van der Waals surface area contributed by atoms with Crippen LogP contribution < -0.4 is 9.47 Å². The van der Waals surface area contributed by atoms with Crippen LogP contribution in [0.25, 0.3) is 11.1 Å². The minimum atomic E-state index is -0.946. The first-order chi connectivity index (χ1) is 19.0. The average molecular weight is 554 g/mol. The molecule has 1 N–H and O–H groups in total. The zero-order chi connectivity index (χ0) is 29.0. The van der Waals surface area contributed by atoms with E-state index in [1.54, 1.807) is 37.4 Å². The summed E-state index contributed by atoms with van der Waals surface area (Å²) in [5.74, 6) is -1.56. The third-order valence-corrected chi connectivity index (χ3v) is 7.31. The molecule has 0 spiro atoms. The van der Waals surface area contributed by atoms with Gasteiger partial charge in [-0.25, -0.2) is 13.8 Å². The first kappa shape index (κ1) is 29.5. The van der Waals surface area contributed by atoms with Crippen molar-refractivity contribution >= 4 is 5.97 Å². The van der Waals surface area contributed by atoms with Crippen LogP contribution in [-0.2, 0) is 16.1 Å². The van der Waals surface area contributed by atoms with E-state index in [2.05, 4.69) is 4.98 Å². The van der Waals surface area contributed by atoms with Gasteiger partial charge in [-0.3, -0.25) is 4.79 Å². The summed E-state index contributed by atoms with van der Waals surface area (Å²) in [5.41, 5.74) is 2.52. The Kier molecular flexibility index (Phi) is 9.08. The highest BCUT2D eigenvalue weighted by atomic mass is 19.1. The van der Waals surface area contributed by atoms with Gasteiger partial charge in [0.15, 0.2) is 11.6 Å². The van der Waals surface area contributed by atoms with Gasteiger partial charge in [-0.2, -0.15) is 0 Å². The van der Waals surface area contributed by atoms with Crippen molar-refractivity contribution in [3.8, 4) is 22.8 Å². The number of nitrogens with zero attached hydrogens (tertiary/aromatic N) is 1. The molecular formula is C32H37F2NO5. The number of carboxylic acids is 1. The molecule has 3 aromatic rings. The van der Waals surface area contributed by atoms with E-state index in [4.69, 9.17) is 14.2 Å². The van der Waals surface area contributed by atoms with E-state index in [0.717, 1.165) is 30.2 Å². The second kappa shape index (κ2) is 12.3. The Morgan fingerprint density at radius 3 is 2.45 bits per heavy atom. The van der Waals surface area contributed by atoms with E-state index < -0.39 is 23.5 Å². The third kappa shape index (κ3) is 6.97. The fourth-order valence-corrected chi connectivity index (χ4v) is 5.25. The van der Waals surface area contributed by atoms with E-state index in [-0.39, 0.29) is 36.2 Å². The number of benzene rings is 2. The number of pyridine rings is 1. The SMILES string of the molecule is COc1cc(-c2ccc(COc3cccc([C@@H](CC(=O)O)CC4CC4)c3F)cc2[C@H](OC)C(C)(C)C)c(F)cn1. The van der Waals surface area contributed by atoms with Gasteiger partial charge in [0.25, 0.3) is 0 Å². The minimum absolute atomic E-state index is 0.0581. The normalized spacial score (nSPS) is 15.0. The van der Waals surface area contributed by atoms with Crippen molar-refractivity contribution in [3.05, 3.63) is 77.0 Å². The number of aliphatic carboxylic acids is 1. The van der Waals surface area contributed by atoms with Crippen LogP contribution in [0, 0.1) is 23.0 Å². The smallest absolute Gasteiger partial charge is 0.303 e. The third-order valence-electron chi connectivity index (χ3n) is 7.31.